The van der Waals surface area contributed by atoms with Gasteiger partial charge in [-0.2, -0.15) is 0 Å². The highest BCUT2D eigenvalue weighted by atomic mass is 32.2. The van der Waals surface area contributed by atoms with E-state index in [9.17, 15) is 18.5 Å². The predicted octanol–water partition coefficient (Wildman–Crippen LogP) is 2.40. The molecular weight excluding hydrogens is 330 g/mol. The Morgan fingerprint density at radius 2 is 1.71 bits per heavy atom. The number of rotatable bonds is 8. The van der Waals surface area contributed by atoms with Crippen LogP contribution in [0.5, 0.6) is 0 Å². The van der Waals surface area contributed by atoms with Crippen molar-refractivity contribution < 1.29 is 13.3 Å². The number of hydrogen-bond acceptors (Lipinski definition) is 5. The fraction of sp³-hybridized carbons (Fsp3) is 0.250. The minimum atomic E-state index is -3.66. The summed E-state index contributed by atoms with van der Waals surface area (Å²) in [6.45, 7) is 0.989. The van der Waals surface area contributed by atoms with Crippen LogP contribution in [-0.2, 0) is 10.0 Å². The molecule has 2 rings (SSSR count). The van der Waals surface area contributed by atoms with Crippen molar-refractivity contribution in [1.82, 2.24) is 4.72 Å². The summed E-state index contributed by atoms with van der Waals surface area (Å²) in [4.78, 5) is 12.1. The average Bonchev–Trinajstić information content (AvgIpc) is 2.59. The second kappa shape index (κ2) is 7.89. The second-order valence-electron chi connectivity index (χ2n) is 5.26. The highest BCUT2D eigenvalue weighted by molar-refractivity contribution is 7.89. The first kappa shape index (κ1) is 17.9. The molecule has 0 aromatic heterocycles. The minimum Gasteiger partial charge on any atom is -0.375 e. The van der Waals surface area contributed by atoms with E-state index in [1.54, 1.807) is 0 Å². The summed E-state index contributed by atoms with van der Waals surface area (Å²) < 4.78 is 26.8. The largest absolute Gasteiger partial charge is 0.375 e. The Bertz CT molecular complexity index is 777. The van der Waals surface area contributed by atoms with Crippen LogP contribution in [0.25, 0.3) is 0 Å². The number of nitro benzene ring substituents is 1. The minimum absolute atomic E-state index is 0.0181. The zero-order chi connectivity index (χ0) is 17.6. The van der Waals surface area contributed by atoms with Crippen molar-refractivity contribution in [1.29, 1.82) is 0 Å². The summed E-state index contributed by atoms with van der Waals surface area (Å²) in [6, 6.07) is 14.6. The number of hydrogen-bond donors (Lipinski definition) is 1. The molecule has 0 saturated heterocycles. The Balaban J connectivity index is 1.85. The maximum atomic E-state index is 12.1. The molecule has 1 N–H and O–H groups in total. The normalized spacial score (nSPS) is 11.2. The average molecular weight is 349 g/mol. The van der Waals surface area contributed by atoms with E-state index in [0.29, 0.717) is 13.0 Å². The molecule has 0 radical (unpaired) electrons. The standard InChI is InChI=1S/C16H19N3O4S/c1-18(14-6-3-2-4-7-14)13-5-12-17-24(22,23)16-10-8-15(9-11-16)19(20)21/h2-4,6-11,17H,5,12-13H2,1H3. The molecule has 0 amide bonds. The van der Waals surface area contributed by atoms with Crippen LogP contribution in [0.4, 0.5) is 11.4 Å². The van der Waals surface area contributed by atoms with Gasteiger partial charge in [-0.1, -0.05) is 18.2 Å². The lowest BCUT2D eigenvalue weighted by atomic mass is 10.3. The van der Waals surface area contributed by atoms with Gasteiger partial charge in [-0.25, -0.2) is 13.1 Å². The van der Waals surface area contributed by atoms with Crippen molar-refractivity contribution in [3.8, 4) is 0 Å². The second-order valence-corrected chi connectivity index (χ2v) is 7.03. The number of para-hydroxylation sites is 1. The Morgan fingerprint density at radius 1 is 1.08 bits per heavy atom. The van der Waals surface area contributed by atoms with E-state index >= 15 is 0 Å². The van der Waals surface area contributed by atoms with Crippen LogP contribution in [0.1, 0.15) is 6.42 Å². The first-order valence-corrected chi connectivity index (χ1v) is 8.89. The molecule has 0 unspecified atom stereocenters. The topological polar surface area (TPSA) is 92.6 Å². The molecule has 0 fully saturated rings. The lowest BCUT2D eigenvalue weighted by Crippen LogP contribution is -2.28. The van der Waals surface area contributed by atoms with Gasteiger partial charge in [0.1, 0.15) is 0 Å². The Kier molecular flexibility index (Phi) is 5.88. The van der Waals surface area contributed by atoms with Gasteiger partial charge in [0.15, 0.2) is 0 Å². The van der Waals surface area contributed by atoms with Crippen LogP contribution < -0.4 is 9.62 Å². The molecule has 0 aliphatic heterocycles. The lowest BCUT2D eigenvalue weighted by molar-refractivity contribution is -0.384. The first-order chi connectivity index (χ1) is 11.4. The van der Waals surface area contributed by atoms with Crippen LogP contribution in [0.2, 0.25) is 0 Å². The molecule has 8 heteroatoms. The highest BCUT2D eigenvalue weighted by Gasteiger charge is 2.15. The molecule has 2 aromatic rings. The lowest BCUT2D eigenvalue weighted by Gasteiger charge is -2.19. The smallest absolute Gasteiger partial charge is 0.269 e. The van der Waals surface area contributed by atoms with Gasteiger partial charge in [-0.15, -0.1) is 0 Å². The monoisotopic (exact) mass is 349 g/mol. The molecule has 7 nitrogen and oxygen atoms in total. The molecule has 0 atom stereocenters. The van der Waals surface area contributed by atoms with E-state index in [2.05, 4.69) is 4.72 Å². The third-order valence-electron chi connectivity index (χ3n) is 3.52. The third-order valence-corrected chi connectivity index (χ3v) is 4.99. The van der Waals surface area contributed by atoms with E-state index in [1.807, 2.05) is 42.3 Å². The van der Waals surface area contributed by atoms with Gasteiger partial charge in [0.2, 0.25) is 10.0 Å². The number of anilines is 1. The van der Waals surface area contributed by atoms with Gasteiger partial charge in [0.25, 0.3) is 5.69 Å². The molecule has 2 aromatic carbocycles. The van der Waals surface area contributed by atoms with Gasteiger partial charge in [0, 0.05) is 38.0 Å². The quantitative estimate of drug-likeness (QED) is 0.449. The van der Waals surface area contributed by atoms with Crippen molar-refractivity contribution >= 4 is 21.4 Å². The molecule has 0 spiro atoms. The molecule has 0 bridgehead atoms. The van der Waals surface area contributed by atoms with Crippen molar-refractivity contribution in [2.75, 3.05) is 25.0 Å². The fourth-order valence-corrected chi connectivity index (χ4v) is 3.24. The summed E-state index contributed by atoms with van der Waals surface area (Å²) in [6.07, 6.45) is 0.637. The number of benzene rings is 2. The summed E-state index contributed by atoms with van der Waals surface area (Å²) in [5.74, 6) is 0. The summed E-state index contributed by atoms with van der Waals surface area (Å²) in [5, 5.41) is 10.6. The summed E-state index contributed by atoms with van der Waals surface area (Å²) >= 11 is 0. The van der Waals surface area contributed by atoms with E-state index in [-0.39, 0.29) is 17.1 Å². The number of nitrogens with one attached hydrogen (secondary N) is 1. The number of sulfonamides is 1. The Labute approximate surface area is 141 Å². The summed E-state index contributed by atoms with van der Waals surface area (Å²) in [5.41, 5.74) is 0.925. The van der Waals surface area contributed by atoms with E-state index in [1.165, 1.54) is 24.3 Å². The number of nitrogens with zero attached hydrogens (tertiary/aromatic N) is 2. The van der Waals surface area contributed by atoms with E-state index in [4.69, 9.17) is 0 Å². The fourth-order valence-electron chi connectivity index (χ4n) is 2.16. The first-order valence-electron chi connectivity index (χ1n) is 7.40. The molecule has 0 heterocycles. The molecule has 24 heavy (non-hydrogen) atoms. The predicted molar refractivity (Wildman–Crippen MR) is 92.6 cm³/mol. The molecular formula is C16H19N3O4S. The van der Waals surface area contributed by atoms with Gasteiger partial charge >= 0.3 is 0 Å². The van der Waals surface area contributed by atoms with Gasteiger partial charge in [-0.05, 0) is 30.7 Å². The maximum Gasteiger partial charge on any atom is 0.269 e. The number of nitro groups is 1. The SMILES string of the molecule is CN(CCCNS(=O)(=O)c1ccc([N+](=O)[O-])cc1)c1ccccc1. The van der Waals surface area contributed by atoms with Crippen LogP contribution in [0, 0.1) is 10.1 Å². The van der Waals surface area contributed by atoms with Crippen molar-refractivity contribution in [2.45, 2.75) is 11.3 Å². The molecule has 128 valence electrons. The van der Waals surface area contributed by atoms with Gasteiger partial charge in [0.05, 0.1) is 9.82 Å². The van der Waals surface area contributed by atoms with Crippen molar-refractivity contribution in [3.63, 3.8) is 0 Å². The Hall–Kier alpha value is -2.45. The van der Waals surface area contributed by atoms with E-state index in [0.717, 1.165) is 5.69 Å². The summed E-state index contributed by atoms with van der Waals surface area (Å²) in [7, 11) is -1.71. The third kappa shape index (κ3) is 4.77. The van der Waals surface area contributed by atoms with Crippen LogP contribution in [0.15, 0.2) is 59.5 Å². The van der Waals surface area contributed by atoms with Crippen LogP contribution in [0.3, 0.4) is 0 Å². The van der Waals surface area contributed by atoms with Crippen molar-refractivity contribution in [2.24, 2.45) is 0 Å². The number of non-ortho nitro benzene ring substituents is 1. The highest BCUT2D eigenvalue weighted by Crippen LogP contribution is 2.15. The molecule has 0 aliphatic rings. The molecule has 0 saturated carbocycles. The zero-order valence-corrected chi connectivity index (χ0v) is 14.1. The molecule has 0 aliphatic carbocycles. The van der Waals surface area contributed by atoms with Gasteiger partial charge in [-0.3, -0.25) is 10.1 Å². The maximum absolute atomic E-state index is 12.1. The van der Waals surface area contributed by atoms with Crippen molar-refractivity contribution in [3.05, 3.63) is 64.7 Å². The zero-order valence-electron chi connectivity index (χ0n) is 13.3. The Morgan fingerprint density at radius 3 is 2.29 bits per heavy atom. The van der Waals surface area contributed by atoms with E-state index < -0.39 is 14.9 Å². The van der Waals surface area contributed by atoms with Crippen LogP contribution in [-0.4, -0.2) is 33.5 Å². The van der Waals surface area contributed by atoms with Gasteiger partial charge < -0.3 is 4.90 Å². The van der Waals surface area contributed by atoms with Crippen LogP contribution >= 0.6 is 0 Å².